The summed E-state index contributed by atoms with van der Waals surface area (Å²) in [5.41, 5.74) is 0. The van der Waals surface area contributed by atoms with Crippen molar-refractivity contribution in [2.75, 3.05) is 6.61 Å². The predicted octanol–water partition coefficient (Wildman–Crippen LogP) is 16.2. The maximum atomic E-state index is 12.4. The van der Waals surface area contributed by atoms with E-state index < -0.39 is 12.1 Å². The minimum Gasteiger partial charge on any atom is -0.394 e. The summed E-state index contributed by atoms with van der Waals surface area (Å²) >= 11 is 0. The lowest BCUT2D eigenvalue weighted by Crippen LogP contribution is -2.45. The Kier molecular flexibility index (Phi) is 48.1. The van der Waals surface area contributed by atoms with Gasteiger partial charge in [0.1, 0.15) is 0 Å². The topological polar surface area (TPSA) is 69.6 Å². The summed E-state index contributed by atoms with van der Waals surface area (Å²) in [5.74, 6) is -0.115. The van der Waals surface area contributed by atoms with Gasteiger partial charge in [0.05, 0.1) is 18.8 Å². The highest BCUT2D eigenvalue weighted by Crippen LogP contribution is 2.10. The van der Waals surface area contributed by atoms with Gasteiger partial charge in [-0.3, -0.25) is 4.79 Å². The lowest BCUT2D eigenvalue weighted by molar-refractivity contribution is -0.123. The minimum absolute atomic E-state index is 0.115. The SMILES string of the molecule is CC/C=C\C/C=C\C/C=C\C/C=C\C/C=C\C/C=C\C/C=C\C/C=C\C/C=C\C/C=C\C/C=C\CCCCCC(=O)NC(CO)C(O)/C=C/CC/C=C/CCCCCCCCC. The van der Waals surface area contributed by atoms with Crippen molar-refractivity contribution in [2.45, 2.75) is 193 Å². The number of carbonyl (C=O) groups excluding carboxylic acids is 1. The van der Waals surface area contributed by atoms with Crippen LogP contribution in [0.4, 0.5) is 0 Å². The number of carbonyl (C=O) groups is 1. The van der Waals surface area contributed by atoms with E-state index in [2.05, 4.69) is 165 Å². The van der Waals surface area contributed by atoms with E-state index in [1.807, 2.05) is 6.08 Å². The van der Waals surface area contributed by atoms with Gasteiger partial charge in [0.15, 0.2) is 0 Å². The molecular weight excluding hydrogens is 759 g/mol. The van der Waals surface area contributed by atoms with E-state index in [0.29, 0.717) is 6.42 Å². The van der Waals surface area contributed by atoms with Gasteiger partial charge in [0.2, 0.25) is 5.91 Å². The van der Waals surface area contributed by atoms with E-state index in [4.69, 9.17) is 0 Å². The van der Waals surface area contributed by atoms with Gasteiger partial charge in [-0.15, -0.1) is 0 Å². The summed E-state index contributed by atoms with van der Waals surface area (Å²) in [6.07, 6.45) is 83.7. The molecule has 0 fully saturated rings. The summed E-state index contributed by atoms with van der Waals surface area (Å²) in [6.45, 7) is 4.13. The molecule has 0 aromatic heterocycles. The monoisotopic (exact) mass is 850 g/mol. The third kappa shape index (κ3) is 47.1. The van der Waals surface area contributed by atoms with Crippen molar-refractivity contribution in [3.63, 3.8) is 0 Å². The molecule has 4 heteroatoms. The van der Waals surface area contributed by atoms with Crippen LogP contribution in [0.1, 0.15) is 181 Å². The highest BCUT2D eigenvalue weighted by Gasteiger charge is 2.17. The summed E-state index contributed by atoms with van der Waals surface area (Å²) < 4.78 is 0. The summed E-state index contributed by atoms with van der Waals surface area (Å²) in [5, 5.41) is 22.9. The molecule has 0 aliphatic carbocycles. The third-order valence-corrected chi connectivity index (χ3v) is 9.99. The maximum absolute atomic E-state index is 12.4. The number of hydrogen-bond acceptors (Lipinski definition) is 3. The largest absolute Gasteiger partial charge is 0.394 e. The summed E-state index contributed by atoms with van der Waals surface area (Å²) in [7, 11) is 0. The van der Waals surface area contributed by atoms with E-state index in [9.17, 15) is 15.0 Å². The molecule has 0 spiro atoms. The standard InChI is InChI=1S/C58H91NO3/c1-3-5-7-9-11-13-15-17-18-19-20-21-22-23-24-25-26-27-28-29-30-31-32-33-34-35-36-37-38-39-40-42-44-46-48-50-52-54-58(62)59-56(55-60)57(61)53-51-49-47-45-43-41-16-14-12-10-8-6-4-2/h5,7,11,13,17-18,20-21,23-24,26-27,29-30,32-33,35-36,38-39,42-45,51,53,56-57,60-61H,3-4,6,8-10,12,14-16,19,22,25,28,31,34,37,40-41,46-50,52,54-55H2,1-2H3,(H,59,62)/b7-5-,13-11-,18-17-,21-20-,24-23-,27-26-,30-29-,33-32-,36-35-,39-38-,44-42-,45-43+,53-51+. The Bertz CT molecular complexity index is 1380. The van der Waals surface area contributed by atoms with Gasteiger partial charge in [-0.2, -0.15) is 0 Å². The minimum atomic E-state index is -0.887. The predicted molar refractivity (Wildman–Crippen MR) is 275 cm³/mol. The number of unbranched alkanes of at least 4 members (excludes halogenated alkanes) is 11. The maximum Gasteiger partial charge on any atom is 0.220 e. The van der Waals surface area contributed by atoms with Crippen LogP contribution in [-0.4, -0.2) is 34.9 Å². The van der Waals surface area contributed by atoms with Gasteiger partial charge in [-0.25, -0.2) is 0 Å². The number of aliphatic hydroxyl groups excluding tert-OH is 2. The number of rotatable bonds is 42. The highest BCUT2D eigenvalue weighted by atomic mass is 16.3. The van der Waals surface area contributed by atoms with E-state index in [1.165, 1.54) is 44.9 Å². The van der Waals surface area contributed by atoms with Crippen LogP contribution in [0.5, 0.6) is 0 Å². The molecule has 4 nitrogen and oxygen atoms in total. The number of aliphatic hydroxyl groups is 2. The zero-order valence-electron chi connectivity index (χ0n) is 39.6. The van der Waals surface area contributed by atoms with Crippen LogP contribution in [-0.2, 0) is 4.79 Å². The molecule has 346 valence electrons. The Morgan fingerprint density at radius 1 is 0.403 bits per heavy atom. The van der Waals surface area contributed by atoms with Gasteiger partial charge in [0.25, 0.3) is 0 Å². The van der Waals surface area contributed by atoms with Crippen molar-refractivity contribution >= 4 is 5.91 Å². The Morgan fingerprint density at radius 2 is 0.726 bits per heavy atom. The molecule has 0 rings (SSSR count). The van der Waals surface area contributed by atoms with Crippen LogP contribution in [0.3, 0.4) is 0 Å². The number of nitrogens with one attached hydrogen (secondary N) is 1. The molecule has 0 saturated heterocycles. The second-order valence-electron chi connectivity index (χ2n) is 15.8. The summed E-state index contributed by atoms with van der Waals surface area (Å²) in [6, 6.07) is -0.668. The van der Waals surface area contributed by atoms with Crippen LogP contribution in [0, 0.1) is 0 Å². The van der Waals surface area contributed by atoms with E-state index >= 15 is 0 Å². The molecule has 2 atom stereocenters. The second kappa shape index (κ2) is 51.4. The van der Waals surface area contributed by atoms with Crippen molar-refractivity contribution in [1.82, 2.24) is 5.32 Å². The molecule has 0 aliphatic rings. The Hall–Kier alpha value is -3.99. The molecule has 62 heavy (non-hydrogen) atoms. The van der Waals surface area contributed by atoms with E-state index in [-0.39, 0.29) is 12.5 Å². The zero-order chi connectivity index (χ0) is 44.9. The average molecular weight is 850 g/mol. The first-order valence-corrected chi connectivity index (χ1v) is 24.7. The third-order valence-electron chi connectivity index (χ3n) is 9.99. The van der Waals surface area contributed by atoms with Gasteiger partial charge in [0, 0.05) is 6.42 Å². The molecule has 0 saturated carbocycles. The number of amides is 1. The van der Waals surface area contributed by atoms with Crippen molar-refractivity contribution in [3.8, 4) is 0 Å². The molecule has 1 amide bonds. The normalized spacial score (nSPS) is 14.3. The molecule has 0 heterocycles. The number of allylic oxidation sites excluding steroid dienone is 25. The van der Waals surface area contributed by atoms with Crippen molar-refractivity contribution in [1.29, 1.82) is 0 Å². The van der Waals surface area contributed by atoms with Crippen molar-refractivity contribution in [2.24, 2.45) is 0 Å². The van der Waals surface area contributed by atoms with Gasteiger partial charge < -0.3 is 15.5 Å². The Morgan fingerprint density at radius 3 is 1.13 bits per heavy atom. The van der Waals surface area contributed by atoms with Crippen LogP contribution < -0.4 is 5.32 Å². The van der Waals surface area contributed by atoms with Crippen molar-refractivity contribution in [3.05, 3.63) is 158 Å². The smallest absolute Gasteiger partial charge is 0.220 e. The first kappa shape index (κ1) is 58.0. The van der Waals surface area contributed by atoms with Crippen LogP contribution in [0.15, 0.2) is 158 Å². The molecule has 0 aliphatic heterocycles. The molecule has 0 aromatic rings. The average Bonchev–Trinajstić information content (AvgIpc) is 3.28. The fourth-order valence-electron chi connectivity index (χ4n) is 6.25. The highest BCUT2D eigenvalue weighted by molar-refractivity contribution is 5.76. The van der Waals surface area contributed by atoms with Gasteiger partial charge >= 0.3 is 0 Å². The number of hydrogen-bond donors (Lipinski definition) is 3. The molecule has 0 aromatic carbocycles. The molecule has 2 unspecified atom stereocenters. The van der Waals surface area contributed by atoms with Crippen LogP contribution >= 0.6 is 0 Å². The molecule has 0 bridgehead atoms. The quantitative estimate of drug-likeness (QED) is 0.0423. The molecule has 3 N–H and O–H groups in total. The van der Waals surface area contributed by atoms with Gasteiger partial charge in [-0.05, 0) is 116 Å². The van der Waals surface area contributed by atoms with Crippen LogP contribution in [0.2, 0.25) is 0 Å². The van der Waals surface area contributed by atoms with Gasteiger partial charge in [-0.1, -0.05) is 217 Å². The lowest BCUT2D eigenvalue weighted by atomic mass is 10.1. The lowest BCUT2D eigenvalue weighted by Gasteiger charge is -2.19. The Labute approximate surface area is 382 Å². The summed E-state index contributed by atoms with van der Waals surface area (Å²) in [4.78, 5) is 12.4. The Balaban J connectivity index is 3.77. The fourth-order valence-corrected chi connectivity index (χ4v) is 6.25. The fraction of sp³-hybridized carbons (Fsp3) is 0.534. The van der Waals surface area contributed by atoms with E-state index in [0.717, 1.165) is 116 Å². The van der Waals surface area contributed by atoms with Crippen molar-refractivity contribution < 1.29 is 15.0 Å². The first-order chi connectivity index (χ1) is 30.7. The molecular formula is C58H91NO3. The van der Waals surface area contributed by atoms with E-state index in [1.54, 1.807) is 6.08 Å². The second-order valence-corrected chi connectivity index (χ2v) is 15.8. The first-order valence-electron chi connectivity index (χ1n) is 24.7. The van der Waals surface area contributed by atoms with Crippen LogP contribution in [0.25, 0.3) is 0 Å². The zero-order valence-corrected chi connectivity index (χ0v) is 39.6. The molecule has 0 radical (unpaired) electrons.